The Kier molecular flexibility index (Phi) is 6.32. The summed E-state index contributed by atoms with van der Waals surface area (Å²) in [5, 5.41) is 11.4. The molecule has 0 bridgehead atoms. The van der Waals surface area contributed by atoms with E-state index in [9.17, 15) is 13.2 Å². The number of hydrogen-bond donors (Lipinski definition) is 3. The maximum absolute atomic E-state index is 12.1. The van der Waals surface area contributed by atoms with Crippen LogP contribution in [-0.4, -0.2) is 38.6 Å². The van der Waals surface area contributed by atoms with Crippen LogP contribution in [0.5, 0.6) is 0 Å². The van der Waals surface area contributed by atoms with E-state index in [-0.39, 0.29) is 36.4 Å². The summed E-state index contributed by atoms with van der Waals surface area (Å²) in [7, 11) is -3.62. The van der Waals surface area contributed by atoms with E-state index in [4.69, 9.17) is 5.11 Å². The first-order valence-corrected chi connectivity index (χ1v) is 8.21. The van der Waals surface area contributed by atoms with Gasteiger partial charge in [-0.2, -0.15) is 0 Å². The van der Waals surface area contributed by atoms with Crippen molar-refractivity contribution in [2.24, 2.45) is 0 Å². The van der Waals surface area contributed by atoms with E-state index in [2.05, 4.69) is 10.0 Å². The fraction of sp³-hybridized carbons (Fsp3) is 0.500. The third kappa shape index (κ3) is 5.45. The lowest BCUT2D eigenvalue weighted by molar-refractivity contribution is -0.121. The van der Waals surface area contributed by atoms with Gasteiger partial charge in [0, 0.05) is 19.0 Å². The number of rotatable bonds is 7. The summed E-state index contributed by atoms with van der Waals surface area (Å²) in [5.41, 5.74) is 1.66. The van der Waals surface area contributed by atoms with Gasteiger partial charge in [0.2, 0.25) is 15.9 Å². The number of amides is 1. The zero-order chi connectivity index (χ0) is 16.0. The Morgan fingerprint density at radius 2 is 2.00 bits per heavy atom. The van der Waals surface area contributed by atoms with Crippen molar-refractivity contribution in [3.05, 3.63) is 29.3 Å². The van der Waals surface area contributed by atoms with Gasteiger partial charge in [0.05, 0.1) is 11.5 Å². The largest absolute Gasteiger partial charge is 0.394 e. The Labute approximate surface area is 125 Å². The van der Waals surface area contributed by atoms with Crippen LogP contribution in [0, 0.1) is 13.8 Å². The quantitative estimate of drug-likeness (QED) is 0.682. The van der Waals surface area contributed by atoms with Crippen molar-refractivity contribution >= 4 is 15.9 Å². The molecule has 1 amide bonds. The van der Waals surface area contributed by atoms with Gasteiger partial charge in [0.25, 0.3) is 0 Å². The molecule has 0 radical (unpaired) electrons. The highest BCUT2D eigenvalue weighted by Crippen LogP contribution is 2.16. The number of aliphatic hydroxyl groups excluding tert-OH is 1. The number of benzene rings is 1. The summed E-state index contributed by atoms with van der Waals surface area (Å²) < 4.78 is 26.7. The Hall–Kier alpha value is -1.44. The minimum atomic E-state index is -3.62. The number of aliphatic hydroxyl groups is 1. The maximum Gasteiger partial charge on any atom is 0.240 e. The SMILES string of the molecule is Cc1ccc(S(=O)(=O)NCCC(=O)N[C@H](C)CO)c(C)c1. The van der Waals surface area contributed by atoms with Crippen LogP contribution in [0.3, 0.4) is 0 Å². The third-order valence-corrected chi connectivity index (χ3v) is 4.57. The molecule has 0 aliphatic heterocycles. The van der Waals surface area contributed by atoms with Crippen LogP contribution in [0.25, 0.3) is 0 Å². The van der Waals surface area contributed by atoms with Gasteiger partial charge in [-0.25, -0.2) is 13.1 Å². The van der Waals surface area contributed by atoms with Crippen LogP contribution < -0.4 is 10.0 Å². The zero-order valence-corrected chi connectivity index (χ0v) is 13.3. The lowest BCUT2D eigenvalue weighted by Gasteiger charge is -2.12. The van der Waals surface area contributed by atoms with Crippen molar-refractivity contribution in [2.75, 3.05) is 13.2 Å². The Balaban J connectivity index is 2.60. The third-order valence-electron chi connectivity index (χ3n) is 2.95. The number of aryl methyl sites for hydroxylation is 2. The molecule has 0 saturated carbocycles. The fourth-order valence-electron chi connectivity index (χ4n) is 1.87. The normalized spacial score (nSPS) is 13.0. The molecule has 0 aliphatic rings. The Morgan fingerprint density at radius 1 is 1.33 bits per heavy atom. The molecule has 1 atom stereocenters. The van der Waals surface area contributed by atoms with Crippen molar-refractivity contribution in [1.82, 2.24) is 10.0 Å². The summed E-state index contributed by atoms with van der Waals surface area (Å²) >= 11 is 0. The second-order valence-electron chi connectivity index (χ2n) is 5.07. The van der Waals surface area contributed by atoms with Crippen molar-refractivity contribution in [1.29, 1.82) is 0 Å². The number of carbonyl (C=O) groups excluding carboxylic acids is 1. The monoisotopic (exact) mass is 314 g/mol. The van der Waals surface area contributed by atoms with Gasteiger partial charge in [-0.1, -0.05) is 17.7 Å². The van der Waals surface area contributed by atoms with E-state index in [0.717, 1.165) is 5.56 Å². The van der Waals surface area contributed by atoms with Crippen LogP contribution in [0.2, 0.25) is 0 Å². The first kappa shape index (κ1) is 17.6. The summed E-state index contributed by atoms with van der Waals surface area (Å²) in [5.74, 6) is -0.306. The standard InChI is InChI=1S/C14H22N2O4S/c1-10-4-5-13(11(2)8-10)21(19,20)15-7-6-14(18)16-12(3)9-17/h4-5,8,12,15,17H,6-7,9H2,1-3H3,(H,16,18)/t12-/m1/s1. The number of sulfonamides is 1. The molecular formula is C14H22N2O4S. The minimum Gasteiger partial charge on any atom is -0.394 e. The first-order chi connectivity index (χ1) is 9.76. The molecule has 0 saturated heterocycles. The number of hydrogen-bond acceptors (Lipinski definition) is 4. The summed E-state index contributed by atoms with van der Waals surface area (Å²) in [6, 6.07) is 4.75. The highest BCUT2D eigenvalue weighted by molar-refractivity contribution is 7.89. The predicted octanol–water partition coefficient (Wildman–Crippen LogP) is 0.469. The van der Waals surface area contributed by atoms with E-state index in [1.165, 1.54) is 0 Å². The molecule has 21 heavy (non-hydrogen) atoms. The highest BCUT2D eigenvalue weighted by atomic mass is 32.2. The summed E-state index contributed by atoms with van der Waals surface area (Å²) in [4.78, 5) is 11.7. The molecule has 1 aromatic rings. The van der Waals surface area contributed by atoms with Crippen molar-refractivity contribution in [3.8, 4) is 0 Å². The number of carbonyl (C=O) groups is 1. The van der Waals surface area contributed by atoms with Crippen LogP contribution in [0.15, 0.2) is 23.1 Å². The smallest absolute Gasteiger partial charge is 0.240 e. The molecule has 0 spiro atoms. The molecular weight excluding hydrogens is 292 g/mol. The van der Waals surface area contributed by atoms with Gasteiger partial charge in [0.1, 0.15) is 0 Å². The van der Waals surface area contributed by atoms with E-state index in [0.29, 0.717) is 5.56 Å². The van der Waals surface area contributed by atoms with E-state index >= 15 is 0 Å². The summed E-state index contributed by atoms with van der Waals surface area (Å²) in [6.45, 7) is 5.15. The van der Waals surface area contributed by atoms with Gasteiger partial charge in [-0.05, 0) is 32.4 Å². The second kappa shape index (κ2) is 7.53. The molecule has 1 rings (SSSR count). The van der Waals surface area contributed by atoms with Crippen LogP contribution in [-0.2, 0) is 14.8 Å². The predicted molar refractivity (Wildman–Crippen MR) is 80.4 cm³/mol. The van der Waals surface area contributed by atoms with Crippen molar-refractivity contribution in [2.45, 2.75) is 38.1 Å². The van der Waals surface area contributed by atoms with E-state index in [1.54, 1.807) is 32.0 Å². The van der Waals surface area contributed by atoms with E-state index < -0.39 is 10.0 Å². The highest BCUT2D eigenvalue weighted by Gasteiger charge is 2.16. The zero-order valence-electron chi connectivity index (χ0n) is 12.5. The molecule has 7 heteroatoms. The maximum atomic E-state index is 12.1. The Morgan fingerprint density at radius 3 is 2.57 bits per heavy atom. The lowest BCUT2D eigenvalue weighted by atomic mass is 10.2. The molecule has 0 aromatic heterocycles. The van der Waals surface area contributed by atoms with Gasteiger partial charge in [-0.15, -0.1) is 0 Å². The molecule has 0 aliphatic carbocycles. The topological polar surface area (TPSA) is 95.5 Å². The van der Waals surface area contributed by atoms with Crippen LogP contribution in [0.1, 0.15) is 24.5 Å². The average Bonchev–Trinajstić information content (AvgIpc) is 2.37. The first-order valence-electron chi connectivity index (χ1n) is 6.73. The number of nitrogens with one attached hydrogen (secondary N) is 2. The van der Waals surface area contributed by atoms with Gasteiger partial charge >= 0.3 is 0 Å². The lowest BCUT2D eigenvalue weighted by Crippen LogP contribution is -2.37. The molecule has 0 heterocycles. The van der Waals surface area contributed by atoms with Gasteiger partial charge in [-0.3, -0.25) is 4.79 Å². The fourth-order valence-corrected chi connectivity index (χ4v) is 3.13. The van der Waals surface area contributed by atoms with Gasteiger partial charge in [0.15, 0.2) is 0 Å². The Bertz CT molecular complexity index is 599. The average molecular weight is 314 g/mol. The molecule has 0 fully saturated rings. The van der Waals surface area contributed by atoms with Crippen LogP contribution in [0.4, 0.5) is 0 Å². The minimum absolute atomic E-state index is 0.0135. The van der Waals surface area contributed by atoms with Gasteiger partial charge < -0.3 is 10.4 Å². The molecule has 6 nitrogen and oxygen atoms in total. The second-order valence-corrected chi connectivity index (χ2v) is 6.80. The van der Waals surface area contributed by atoms with Crippen LogP contribution >= 0.6 is 0 Å². The van der Waals surface area contributed by atoms with E-state index in [1.807, 2.05) is 6.92 Å². The van der Waals surface area contributed by atoms with Crippen molar-refractivity contribution < 1.29 is 18.3 Å². The molecule has 1 aromatic carbocycles. The molecule has 3 N–H and O–H groups in total. The molecule has 118 valence electrons. The summed E-state index contributed by atoms with van der Waals surface area (Å²) in [6.07, 6.45) is 0.0223. The van der Waals surface area contributed by atoms with Crippen molar-refractivity contribution in [3.63, 3.8) is 0 Å². The molecule has 0 unspecified atom stereocenters.